The number of aryl methyl sites for hydroxylation is 2. The van der Waals surface area contributed by atoms with Crippen LogP contribution >= 0.6 is 0 Å². The van der Waals surface area contributed by atoms with Crippen LogP contribution in [-0.4, -0.2) is 103 Å². The molecule has 0 N–H and O–H groups in total. The van der Waals surface area contributed by atoms with Gasteiger partial charge in [-0.1, -0.05) is 30.3 Å². The number of piperazine rings is 2. The highest BCUT2D eigenvalue weighted by molar-refractivity contribution is 5.99. The maximum absolute atomic E-state index is 13.4. The van der Waals surface area contributed by atoms with Gasteiger partial charge in [-0.3, -0.25) is 9.69 Å². The van der Waals surface area contributed by atoms with E-state index >= 15 is 0 Å². The Hall–Kier alpha value is -2.67. The number of benzene rings is 2. The first-order valence-corrected chi connectivity index (χ1v) is 14.1. The maximum atomic E-state index is 13.4. The molecular formula is C31H43N5O. The zero-order valence-corrected chi connectivity index (χ0v) is 23.0. The van der Waals surface area contributed by atoms with Crippen molar-refractivity contribution in [3.8, 4) is 0 Å². The number of carbonyl (C=O) groups is 1. The number of hydrogen-bond acceptors (Lipinski definition) is 4. The Morgan fingerprint density at radius 2 is 1.46 bits per heavy atom. The highest BCUT2D eigenvalue weighted by Crippen LogP contribution is 2.27. The molecule has 6 nitrogen and oxygen atoms in total. The summed E-state index contributed by atoms with van der Waals surface area (Å²) < 4.78 is 2.46. The molecule has 6 heteroatoms. The third-order valence-electron chi connectivity index (χ3n) is 8.56. The molecule has 2 aliphatic heterocycles. The normalized spacial score (nSPS) is 18.1. The largest absolute Gasteiger partial charge is 0.345 e. The molecule has 37 heavy (non-hydrogen) atoms. The van der Waals surface area contributed by atoms with E-state index in [1.807, 2.05) is 11.0 Å². The molecule has 198 valence electrons. The summed E-state index contributed by atoms with van der Waals surface area (Å²) >= 11 is 0. The summed E-state index contributed by atoms with van der Waals surface area (Å²) in [5.74, 6) is 0.171. The van der Waals surface area contributed by atoms with Gasteiger partial charge in [-0.2, -0.15) is 0 Å². The predicted octanol–water partition coefficient (Wildman–Crippen LogP) is 3.90. The fraction of sp³-hybridized carbons (Fsp3) is 0.516. The minimum atomic E-state index is 0.171. The summed E-state index contributed by atoms with van der Waals surface area (Å²) in [6, 6.07) is 17.0. The monoisotopic (exact) mass is 501 g/mol. The van der Waals surface area contributed by atoms with Crippen LogP contribution < -0.4 is 0 Å². The van der Waals surface area contributed by atoms with E-state index in [0.29, 0.717) is 0 Å². The van der Waals surface area contributed by atoms with Gasteiger partial charge in [-0.25, -0.2) is 0 Å². The summed E-state index contributed by atoms with van der Waals surface area (Å²) in [6.07, 6.45) is 2.22. The Balaban J connectivity index is 1.17. The molecule has 0 radical (unpaired) electrons. The maximum Gasteiger partial charge on any atom is 0.253 e. The molecule has 0 atom stereocenters. The molecule has 3 heterocycles. The Bertz CT molecular complexity index is 1190. The molecule has 1 amide bonds. The lowest BCUT2D eigenvalue weighted by atomic mass is 10.1. The predicted molar refractivity (Wildman–Crippen MR) is 152 cm³/mol. The fourth-order valence-electron chi connectivity index (χ4n) is 5.88. The number of aromatic nitrogens is 1. The summed E-state index contributed by atoms with van der Waals surface area (Å²) in [6.45, 7) is 15.9. The minimum absolute atomic E-state index is 0.171. The molecular weight excluding hydrogens is 458 g/mol. The van der Waals surface area contributed by atoms with Crippen LogP contribution in [0, 0.1) is 13.8 Å². The second kappa shape index (κ2) is 11.8. The number of rotatable bonds is 8. The highest BCUT2D eigenvalue weighted by Gasteiger charge is 2.23. The molecule has 5 rings (SSSR count). The Kier molecular flexibility index (Phi) is 8.28. The zero-order chi connectivity index (χ0) is 25.8. The summed E-state index contributed by atoms with van der Waals surface area (Å²) in [7, 11) is 2.21. The van der Waals surface area contributed by atoms with E-state index < -0.39 is 0 Å². The van der Waals surface area contributed by atoms with Crippen molar-refractivity contribution in [3.63, 3.8) is 0 Å². The van der Waals surface area contributed by atoms with Crippen molar-refractivity contribution in [2.75, 3.05) is 72.5 Å². The lowest BCUT2D eigenvalue weighted by Gasteiger charge is -2.34. The Morgan fingerprint density at radius 3 is 2.19 bits per heavy atom. The average molecular weight is 502 g/mol. The molecule has 0 saturated carbocycles. The van der Waals surface area contributed by atoms with Crippen LogP contribution in [0.25, 0.3) is 10.9 Å². The lowest BCUT2D eigenvalue weighted by molar-refractivity contribution is 0.0638. The van der Waals surface area contributed by atoms with E-state index in [9.17, 15) is 4.79 Å². The molecule has 0 aliphatic carbocycles. The first-order chi connectivity index (χ1) is 18.0. The van der Waals surface area contributed by atoms with Crippen molar-refractivity contribution in [1.29, 1.82) is 0 Å². The standard InChI is InChI=1S/C31H43N5O/c1-25-26(2)36(14-7-13-33-18-16-32(3)17-19-33)30-11-10-28(24-29(25)30)31(37)35-22-20-34(21-23-35)15-12-27-8-5-4-6-9-27/h4-6,8-11,24H,7,12-23H2,1-3H3. The van der Waals surface area contributed by atoms with Gasteiger partial charge in [0.2, 0.25) is 0 Å². The van der Waals surface area contributed by atoms with E-state index in [-0.39, 0.29) is 5.91 Å². The van der Waals surface area contributed by atoms with Crippen LogP contribution in [-0.2, 0) is 13.0 Å². The van der Waals surface area contributed by atoms with Gasteiger partial charge >= 0.3 is 0 Å². The fourth-order valence-corrected chi connectivity index (χ4v) is 5.88. The van der Waals surface area contributed by atoms with Crippen LogP contribution in [0.5, 0.6) is 0 Å². The lowest BCUT2D eigenvalue weighted by Crippen LogP contribution is -2.49. The topological polar surface area (TPSA) is 35.0 Å². The third kappa shape index (κ3) is 6.08. The molecule has 0 bridgehead atoms. The van der Waals surface area contributed by atoms with Gasteiger partial charge in [0.15, 0.2) is 0 Å². The van der Waals surface area contributed by atoms with Gasteiger partial charge in [-0.15, -0.1) is 0 Å². The number of carbonyl (C=O) groups excluding carboxylic acids is 1. The van der Waals surface area contributed by atoms with E-state index in [0.717, 1.165) is 64.2 Å². The summed E-state index contributed by atoms with van der Waals surface area (Å²) in [5, 5.41) is 1.23. The van der Waals surface area contributed by atoms with Crippen molar-refractivity contribution in [1.82, 2.24) is 24.2 Å². The van der Waals surface area contributed by atoms with Crippen LogP contribution in [0.3, 0.4) is 0 Å². The zero-order valence-electron chi connectivity index (χ0n) is 23.0. The molecule has 2 aromatic carbocycles. The van der Waals surface area contributed by atoms with E-state index in [2.05, 4.69) is 82.6 Å². The van der Waals surface area contributed by atoms with Crippen LogP contribution in [0.15, 0.2) is 48.5 Å². The number of amides is 1. The van der Waals surface area contributed by atoms with Gasteiger partial charge in [0, 0.05) is 87.6 Å². The molecule has 1 aromatic heterocycles. The Morgan fingerprint density at radius 1 is 0.784 bits per heavy atom. The molecule has 2 saturated heterocycles. The van der Waals surface area contributed by atoms with E-state index in [4.69, 9.17) is 0 Å². The van der Waals surface area contributed by atoms with E-state index in [1.54, 1.807) is 0 Å². The second-order valence-corrected chi connectivity index (χ2v) is 11.0. The van der Waals surface area contributed by atoms with Crippen LogP contribution in [0.1, 0.15) is 33.6 Å². The van der Waals surface area contributed by atoms with Gasteiger partial charge in [0.1, 0.15) is 0 Å². The number of nitrogens with zero attached hydrogens (tertiary/aromatic N) is 5. The van der Waals surface area contributed by atoms with E-state index in [1.165, 1.54) is 53.9 Å². The quantitative estimate of drug-likeness (QED) is 0.469. The number of likely N-dealkylation sites (N-methyl/N-ethyl adjacent to an activating group) is 1. The second-order valence-electron chi connectivity index (χ2n) is 11.0. The highest BCUT2D eigenvalue weighted by atomic mass is 16.2. The van der Waals surface area contributed by atoms with Gasteiger partial charge < -0.3 is 19.3 Å². The minimum Gasteiger partial charge on any atom is -0.345 e. The van der Waals surface area contributed by atoms with Crippen molar-refractivity contribution in [2.45, 2.75) is 33.2 Å². The molecule has 0 spiro atoms. The molecule has 2 fully saturated rings. The Labute approximate surface area is 222 Å². The van der Waals surface area contributed by atoms with Gasteiger partial charge in [-0.05, 0) is 69.6 Å². The molecule has 3 aromatic rings. The molecule has 2 aliphatic rings. The van der Waals surface area contributed by atoms with Crippen LogP contribution in [0.2, 0.25) is 0 Å². The van der Waals surface area contributed by atoms with Crippen molar-refractivity contribution >= 4 is 16.8 Å². The smallest absolute Gasteiger partial charge is 0.253 e. The summed E-state index contributed by atoms with van der Waals surface area (Å²) in [4.78, 5) is 22.9. The van der Waals surface area contributed by atoms with Crippen molar-refractivity contribution in [2.24, 2.45) is 0 Å². The third-order valence-corrected chi connectivity index (χ3v) is 8.56. The first-order valence-electron chi connectivity index (χ1n) is 14.1. The van der Waals surface area contributed by atoms with Gasteiger partial charge in [0.25, 0.3) is 5.91 Å². The summed E-state index contributed by atoms with van der Waals surface area (Å²) in [5.41, 5.74) is 6.09. The average Bonchev–Trinajstić information content (AvgIpc) is 3.17. The SMILES string of the molecule is Cc1c(C)n(CCCN2CCN(C)CC2)c2ccc(C(=O)N3CCN(CCc4ccccc4)CC3)cc12. The van der Waals surface area contributed by atoms with Gasteiger partial charge in [0.05, 0.1) is 0 Å². The van der Waals surface area contributed by atoms with Crippen molar-refractivity contribution < 1.29 is 4.79 Å². The van der Waals surface area contributed by atoms with Crippen molar-refractivity contribution in [3.05, 3.63) is 70.9 Å². The number of fused-ring (bicyclic) bond motifs is 1. The van der Waals surface area contributed by atoms with Crippen LogP contribution in [0.4, 0.5) is 0 Å². The molecule has 0 unspecified atom stereocenters. The number of hydrogen-bond donors (Lipinski definition) is 0. The first kappa shape index (κ1) is 26.0.